The summed E-state index contributed by atoms with van der Waals surface area (Å²) in [6.45, 7) is 4.52. The number of benzene rings is 2. The molecule has 4 aromatic rings. The van der Waals surface area contributed by atoms with Crippen LogP contribution < -0.4 is 0 Å². The molecule has 0 saturated carbocycles. The van der Waals surface area contributed by atoms with Crippen molar-refractivity contribution in [2.24, 2.45) is 0 Å². The molecule has 11 nitrogen and oxygen atoms in total. The maximum atomic E-state index is 13.0. The topological polar surface area (TPSA) is 128 Å². The Balaban J connectivity index is 1.55. The molecule has 222 valence electrons. The zero-order valence-electron chi connectivity index (χ0n) is 24.3. The lowest BCUT2D eigenvalue weighted by molar-refractivity contribution is -0.156. The van der Waals surface area contributed by atoms with E-state index in [2.05, 4.69) is 56.8 Å². The molecule has 2 aromatic heterocycles. The summed E-state index contributed by atoms with van der Waals surface area (Å²) >= 11 is 6.59. The summed E-state index contributed by atoms with van der Waals surface area (Å²) in [4.78, 5) is 31.3. The molecule has 0 radical (unpaired) electrons. The predicted molar refractivity (Wildman–Crippen MR) is 159 cm³/mol. The van der Waals surface area contributed by atoms with Gasteiger partial charge in [0, 0.05) is 18.5 Å². The van der Waals surface area contributed by atoms with Gasteiger partial charge in [-0.2, -0.15) is 5.21 Å². The van der Waals surface area contributed by atoms with Crippen LogP contribution in [-0.2, 0) is 38.6 Å². The Bertz CT molecular complexity index is 1470. The summed E-state index contributed by atoms with van der Waals surface area (Å²) in [6.07, 6.45) is 2.59. The van der Waals surface area contributed by atoms with Gasteiger partial charge in [0.1, 0.15) is 18.5 Å². The number of unbranched alkanes of at least 4 members (excludes halogenated alkanes) is 1. The van der Waals surface area contributed by atoms with Crippen LogP contribution in [0.4, 0.5) is 0 Å². The van der Waals surface area contributed by atoms with E-state index in [0.29, 0.717) is 23.2 Å². The van der Waals surface area contributed by atoms with E-state index < -0.39 is 18.0 Å². The van der Waals surface area contributed by atoms with Crippen LogP contribution in [0.2, 0.25) is 5.15 Å². The highest BCUT2D eigenvalue weighted by Gasteiger charge is 2.27. The van der Waals surface area contributed by atoms with Gasteiger partial charge in [-0.25, -0.2) is 4.98 Å². The van der Waals surface area contributed by atoms with Crippen LogP contribution in [0.25, 0.3) is 22.5 Å². The van der Waals surface area contributed by atoms with Crippen LogP contribution in [0.1, 0.15) is 50.2 Å². The molecule has 1 N–H and O–H groups in total. The molecule has 0 spiro atoms. The number of esters is 2. The molecule has 0 bridgehead atoms. The standard InChI is InChI=1S/C30H36ClN7O4/c1-5-7-12-26-32-28(31)25(19-42-30(40)24(37(3)4)17-27(39)41-6-2)38(26)18-20-13-15-21(16-14-20)22-10-8-9-11-23(22)29-33-35-36-34-29/h8-11,13-16,24H,5-7,12,17-19H2,1-4H3,(H,33,34,35,36)/t24-/m1/s1. The number of aromatic amines is 1. The largest absolute Gasteiger partial charge is 0.466 e. The number of likely N-dealkylation sites (N-methyl/N-ethyl adjacent to an activating group) is 1. The smallest absolute Gasteiger partial charge is 0.324 e. The Hall–Kier alpha value is -4.09. The molecule has 0 amide bonds. The van der Waals surface area contributed by atoms with E-state index in [4.69, 9.17) is 21.1 Å². The number of rotatable bonds is 14. The molecule has 2 aromatic carbocycles. The molecule has 0 aliphatic heterocycles. The lowest BCUT2D eigenvalue weighted by Gasteiger charge is -2.22. The zero-order chi connectivity index (χ0) is 30.1. The van der Waals surface area contributed by atoms with Gasteiger partial charge in [0.25, 0.3) is 0 Å². The third-order valence-electron chi connectivity index (χ3n) is 6.89. The van der Waals surface area contributed by atoms with Crippen molar-refractivity contribution in [3.05, 3.63) is 70.8 Å². The minimum absolute atomic E-state index is 0.0693. The molecule has 0 saturated heterocycles. The Morgan fingerprint density at radius 3 is 2.43 bits per heavy atom. The Morgan fingerprint density at radius 1 is 1.05 bits per heavy atom. The number of carbonyl (C=O) groups is 2. The SMILES string of the molecule is CCCCc1nc(Cl)c(COC(=O)[C@@H](CC(=O)OCC)N(C)C)n1Cc1ccc(-c2ccccc2-c2nn[nH]n2)cc1. The van der Waals surface area contributed by atoms with Crippen LogP contribution in [0.3, 0.4) is 0 Å². The Labute approximate surface area is 250 Å². The van der Waals surface area contributed by atoms with Crippen molar-refractivity contribution in [2.45, 2.75) is 58.7 Å². The lowest BCUT2D eigenvalue weighted by Crippen LogP contribution is -2.39. The number of ether oxygens (including phenoxy) is 2. The fourth-order valence-electron chi connectivity index (χ4n) is 4.62. The first kappa shape index (κ1) is 30.9. The third kappa shape index (κ3) is 7.59. The van der Waals surface area contributed by atoms with Crippen molar-refractivity contribution in [2.75, 3.05) is 20.7 Å². The summed E-state index contributed by atoms with van der Waals surface area (Å²) in [6, 6.07) is 15.3. The van der Waals surface area contributed by atoms with E-state index in [1.807, 2.05) is 28.8 Å². The third-order valence-corrected chi connectivity index (χ3v) is 7.19. The highest BCUT2D eigenvalue weighted by atomic mass is 35.5. The molecule has 0 aliphatic rings. The van der Waals surface area contributed by atoms with Crippen LogP contribution in [0.15, 0.2) is 48.5 Å². The second kappa shape index (κ2) is 14.7. The average molecular weight is 594 g/mol. The van der Waals surface area contributed by atoms with Gasteiger partial charge in [-0.3, -0.25) is 14.5 Å². The molecule has 4 rings (SSSR count). The molecule has 42 heavy (non-hydrogen) atoms. The van der Waals surface area contributed by atoms with Crippen LogP contribution >= 0.6 is 11.6 Å². The molecule has 0 unspecified atom stereocenters. The summed E-state index contributed by atoms with van der Waals surface area (Å²) in [5.74, 6) is 0.370. The van der Waals surface area contributed by atoms with Crippen molar-refractivity contribution in [1.29, 1.82) is 0 Å². The van der Waals surface area contributed by atoms with Gasteiger partial charge < -0.3 is 14.0 Å². The number of aryl methyl sites for hydroxylation is 1. The molecule has 1 atom stereocenters. The number of carbonyl (C=O) groups excluding carboxylic acids is 2. The number of imidazole rings is 1. The monoisotopic (exact) mass is 593 g/mol. The molecule has 12 heteroatoms. The number of aromatic nitrogens is 6. The van der Waals surface area contributed by atoms with E-state index in [9.17, 15) is 9.59 Å². The number of nitrogens with one attached hydrogen (secondary N) is 1. The fourth-order valence-corrected chi connectivity index (χ4v) is 4.88. The predicted octanol–water partition coefficient (Wildman–Crippen LogP) is 4.70. The van der Waals surface area contributed by atoms with Gasteiger partial charge in [0.2, 0.25) is 5.82 Å². The fraction of sp³-hybridized carbons (Fsp3) is 0.400. The van der Waals surface area contributed by atoms with Crippen molar-refractivity contribution in [1.82, 2.24) is 35.1 Å². The van der Waals surface area contributed by atoms with Gasteiger partial charge >= 0.3 is 11.9 Å². The van der Waals surface area contributed by atoms with Gasteiger partial charge in [0.05, 0.1) is 18.7 Å². The number of halogens is 1. The maximum absolute atomic E-state index is 13.0. The number of hydrogen-bond acceptors (Lipinski definition) is 9. The number of tetrazole rings is 1. The zero-order valence-corrected chi connectivity index (χ0v) is 25.1. The Kier molecular flexibility index (Phi) is 10.8. The molecule has 2 heterocycles. The molecular formula is C30H36ClN7O4. The van der Waals surface area contributed by atoms with Gasteiger partial charge in [-0.05, 0) is 49.3 Å². The maximum Gasteiger partial charge on any atom is 0.324 e. The highest BCUT2D eigenvalue weighted by molar-refractivity contribution is 6.30. The molecule has 0 aliphatic carbocycles. The van der Waals surface area contributed by atoms with E-state index in [1.165, 1.54) is 0 Å². The Morgan fingerprint density at radius 2 is 1.79 bits per heavy atom. The molecular weight excluding hydrogens is 558 g/mol. The lowest BCUT2D eigenvalue weighted by atomic mass is 9.98. The highest BCUT2D eigenvalue weighted by Crippen LogP contribution is 2.30. The van der Waals surface area contributed by atoms with E-state index >= 15 is 0 Å². The van der Waals surface area contributed by atoms with Crippen molar-refractivity contribution in [3.63, 3.8) is 0 Å². The summed E-state index contributed by atoms with van der Waals surface area (Å²) in [5.41, 5.74) is 4.52. The van der Waals surface area contributed by atoms with Crippen LogP contribution in [-0.4, -0.2) is 73.8 Å². The van der Waals surface area contributed by atoms with Gasteiger partial charge in [-0.15, -0.1) is 10.2 Å². The second-order valence-corrected chi connectivity index (χ2v) is 10.4. The summed E-state index contributed by atoms with van der Waals surface area (Å²) in [5, 5.41) is 14.8. The number of hydrogen-bond donors (Lipinski definition) is 1. The van der Waals surface area contributed by atoms with Crippen molar-refractivity contribution < 1.29 is 19.1 Å². The van der Waals surface area contributed by atoms with Crippen LogP contribution in [0.5, 0.6) is 0 Å². The quantitative estimate of drug-likeness (QED) is 0.207. The average Bonchev–Trinajstić information content (AvgIpc) is 3.62. The second-order valence-electron chi connectivity index (χ2n) is 10.0. The van der Waals surface area contributed by atoms with E-state index in [-0.39, 0.29) is 19.6 Å². The summed E-state index contributed by atoms with van der Waals surface area (Å²) in [7, 11) is 3.44. The van der Waals surface area contributed by atoms with Gasteiger partial charge in [-0.1, -0.05) is 73.5 Å². The van der Waals surface area contributed by atoms with Crippen LogP contribution in [0, 0.1) is 0 Å². The first-order valence-corrected chi connectivity index (χ1v) is 14.3. The van der Waals surface area contributed by atoms with E-state index in [1.54, 1.807) is 25.9 Å². The van der Waals surface area contributed by atoms with Crippen molar-refractivity contribution >= 4 is 23.5 Å². The first-order chi connectivity index (χ1) is 20.3. The minimum Gasteiger partial charge on any atom is -0.466 e. The number of nitrogens with zero attached hydrogens (tertiary/aromatic N) is 6. The summed E-state index contributed by atoms with van der Waals surface area (Å²) < 4.78 is 12.7. The first-order valence-electron chi connectivity index (χ1n) is 14.0. The number of H-pyrrole nitrogens is 1. The van der Waals surface area contributed by atoms with E-state index in [0.717, 1.165) is 47.3 Å². The van der Waals surface area contributed by atoms with Crippen molar-refractivity contribution in [3.8, 4) is 22.5 Å². The van der Waals surface area contributed by atoms with Gasteiger partial charge in [0.15, 0.2) is 5.15 Å². The molecule has 0 fully saturated rings. The minimum atomic E-state index is -0.776. The normalized spacial score (nSPS) is 12.0.